The SMILES string of the molecule is CCC(C)(NC(=O)c1cc(Cl)c2ccccc2c1O)C(=O)OC. The van der Waals surface area contributed by atoms with Gasteiger partial charge in [0.2, 0.25) is 0 Å². The number of carbonyl (C=O) groups excluding carboxylic acids is 2. The molecule has 2 N–H and O–H groups in total. The van der Waals surface area contributed by atoms with Crippen molar-refractivity contribution < 1.29 is 19.4 Å². The smallest absolute Gasteiger partial charge is 0.331 e. The van der Waals surface area contributed by atoms with Crippen LogP contribution in [0.3, 0.4) is 0 Å². The molecule has 23 heavy (non-hydrogen) atoms. The Balaban J connectivity index is 2.46. The fourth-order valence-electron chi connectivity index (χ4n) is 2.32. The molecule has 0 aromatic heterocycles. The van der Waals surface area contributed by atoms with Gasteiger partial charge in [0.1, 0.15) is 11.3 Å². The first-order chi connectivity index (χ1) is 10.8. The zero-order chi connectivity index (χ0) is 17.2. The van der Waals surface area contributed by atoms with E-state index in [-0.39, 0.29) is 11.3 Å². The van der Waals surface area contributed by atoms with Gasteiger partial charge in [-0.25, -0.2) is 4.79 Å². The molecule has 0 bridgehead atoms. The zero-order valence-electron chi connectivity index (χ0n) is 13.1. The van der Waals surface area contributed by atoms with Crippen LogP contribution < -0.4 is 5.32 Å². The summed E-state index contributed by atoms with van der Waals surface area (Å²) in [6.07, 6.45) is 0.341. The molecule has 0 aliphatic carbocycles. The number of methoxy groups -OCH3 is 1. The molecule has 0 saturated heterocycles. The van der Waals surface area contributed by atoms with Crippen LogP contribution in [0.15, 0.2) is 30.3 Å². The number of rotatable bonds is 4. The maximum absolute atomic E-state index is 12.5. The van der Waals surface area contributed by atoms with Crippen LogP contribution in [0.2, 0.25) is 5.02 Å². The molecule has 6 heteroatoms. The van der Waals surface area contributed by atoms with Crippen molar-refractivity contribution in [2.24, 2.45) is 0 Å². The minimum absolute atomic E-state index is 0.0114. The highest BCUT2D eigenvalue weighted by Crippen LogP contribution is 2.34. The molecule has 0 fully saturated rings. The van der Waals surface area contributed by atoms with Crippen molar-refractivity contribution in [3.05, 3.63) is 40.9 Å². The number of benzene rings is 2. The summed E-state index contributed by atoms with van der Waals surface area (Å²) >= 11 is 6.19. The highest BCUT2D eigenvalue weighted by Gasteiger charge is 2.35. The largest absolute Gasteiger partial charge is 0.506 e. The number of phenols is 1. The predicted octanol–water partition coefficient (Wildman–Crippen LogP) is 3.27. The Morgan fingerprint density at radius 3 is 2.48 bits per heavy atom. The Kier molecular flexibility index (Phi) is 4.80. The number of hydrogen-bond donors (Lipinski definition) is 2. The van der Waals surface area contributed by atoms with Crippen LogP contribution in [-0.4, -0.2) is 29.6 Å². The van der Waals surface area contributed by atoms with Crippen LogP contribution in [0.25, 0.3) is 10.8 Å². The van der Waals surface area contributed by atoms with Gasteiger partial charge < -0.3 is 15.2 Å². The molecule has 2 aromatic rings. The van der Waals surface area contributed by atoms with E-state index in [0.717, 1.165) is 0 Å². The normalized spacial score (nSPS) is 13.4. The van der Waals surface area contributed by atoms with Gasteiger partial charge in [-0.2, -0.15) is 0 Å². The molecule has 2 aromatic carbocycles. The first kappa shape index (κ1) is 17.1. The van der Waals surface area contributed by atoms with E-state index in [1.54, 1.807) is 38.1 Å². The lowest BCUT2D eigenvalue weighted by Gasteiger charge is -2.26. The minimum atomic E-state index is -1.18. The van der Waals surface area contributed by atoms with E-state index in [9.17, 15) is 14.7 Å². The van der Waals surface area contributed by atoms with Crippen LogP contribution in [0.1, 0.15) is 30.6 Å². The van der Waals surface area contributed by atoms with Crippen molar-refractivity contribution in [1.82, 2.24) is 5.32 Å². The third-order valence-corrected chi connectivity index (χ3v) is 4.26. The molecule has 0 aliphatic rings. The van der Waals surface area contributed by atoms with E-state index in [1.165, 1.54) is 13.2 Å². The highest BCUT2D eigenvalue weighted by atomic mass is 35.5. The Labute approximate surface area is 139 Å². The van der Waals surface area contributed by atoms with E-state index in [4.69, 9.17) is 16.3 Å². The number of halogens is 1. The number of ether oxygens (including phenoxy) is 1. The number of carbonyl (C=O) groups is 2. The summed E-state index contributed by atoms with van der Waals surface area (Å²) < 4.78 is 4.72. The lowest BCUT2D eigenvalue weighted by molar-refractivity contribution is -0.147. The Hall–Kier alpha value is -2.27. The van der Waals surface area contributed by atoms with Gasteiger partial charge in [0.25, 0.3) is 5.91 Å². The van der Waals surface area contributed by atoms with Crippen LogP contribution in [0, 0.1) is 0 Å². The lowest BCUT2D eigenvalue weighted by atomic mass is 9.97. The molecule has 0 radical (unpaired) electrons. The maximum Gasteiger partial charge on any atom is 0.331 e. The summed E-state index contributed by atoms with van der Waals surface area (Å²) in [5, 5.41) is 14.5. The summed E-state index contributed by atoms with van der Waals surface area (Å²) in [5.41, 5.74) is -1.17. The van der Waals surface area contributed by atoms with Crippen molar-refractivity contribution in [1.29, 1.82) is 0 Å². The van der Waals surface area contributed by atoms with Gasteiger partial charge in [0.05, 0.1) is 12.7 Å². The molecular weight excluding hydrogens is 318 g/mol. The first-order valence-electron chi connectivity index (χ1n) is 7.15. The number of nitrogens with one attached hydrogen (secondary N) is 1. The minimum Gasteiger partial charge on any atom is -0.506 e. The molecule has 0 spiro atoms. The van der Waals surface area contributed by atoms with Crippen LogP contribution in [0.4, 0.5) is 0 Å². The molecule has 122 valence electrons. The third kappa shape index (κ3) is 3.10. The molecule has 1 atom stereocenters. The number of fused-ring (bicyclic) bond motifs is 1. The van der Waals surface area contributed by atoms with Gasteiger partial charge in [0, 0.05) is 15.8 Å². The Bertz CT molecular complexity index is 775. The van der Waals surface area contributed by atoms with Crippen LogP contribution in [0.5, 0.6) is 5.75 Å². The van der Waals surface area contributed by atoms with Gasteiger partial charge in [-0.05, 0) is 19.4 Å². The van der Waals surface area contributed by atoms with Gasteiger partial charge in [-0.15, -0.1) is 0 Å². The number of hydrogen-bond acceptors (Lipinski definition) is 4. The number of amides is 1. The number of phenolic OH excluding ortho intramolecular Hbond substituents is 1. The summed E-state index contributed by atoms with van der Waals surface area (Å²) in [6, 6.07) is 8.35. The van der Waals surface area contributed by atoms with Gasteiger partial charge in [0.15, 0.2) is 0 Å². The molecular formula is C17H18ClNO4. The number of esters is 1. The van der Waals surface area contributed by atoms with E-state index in [2.05, 4.69) is 5.32 Å². The zero-order valence-corrected chi connectivity index (χ0v) is 13.9. The predicted molar refractivity (Wildman–Crippen MR) is 88.8 cm³/mol. The second kappa shape index (κ2) is 6.46. The third-order valence-electron chi connectivity index (χ3n) is 3.94. The summed E-state index contributed by atoms with van der Waals surface area (Å²) in [6.45, 7) is 3.32. The van der Waals surface area contributed by atoms with Crippen molar-refractivity contribution in [2.45, 2.75) is 25.8 Å². The van der Waals surface area contributed by atoms with Gasteiger partial charge >= 0.3 is 5.97 Å². The van der Waals surface area contributed by atoms with Gasteiger partial charge in [-0.3, -0.25) is 4.79 Å². The molecule has 0 aliphatic heterocycles. The highest BCUT2D eigenvalue weighted by molar-refractivity contribution is 6.36. The second-order valence-corrected chi connectivity index (χ2v) is 5.84. The first-order valence-corrected chi connectivity index (χ1v) is 7.53. The fraction of sp³-hybridized carbons (Fsp3) is 0.294. The molecule has 2 rings (SSSR count). The Morgan fingerprint density at radius 2 is 1.91 bits per heavy atom. The fourth-order valence-corrected chi connectivity index (χ4v) is 2.59. The van der Waals surface area contributed by atoms with Crippen LogP contribution >= 0.6 is 11.6 Å². The van der Waals surface area contributed by atoms with Crippen molar-refractivity contribution in [3.8, 4) is 5.75 Å². The van der Waals surface area contributed by atoms with Crippen LogP contribution in [-0.2, 0) is 9.53 Å². The summed E-state index contributed by atoms with van der Waals surface area (Å²) in [5.74, 6) is -1.32. The lowest BCUT2D eigenvalue weighted by Crippen LogP contribution is -2.52. The summed E-state index contributed by atoms with van der Waals surface area (Å²) in [4.78, 5) is 24.4. The number of aromatic hydroxyl groups is 1. The van der Waals surface area contributed by atoms with E-state index in [0.29, 0.717) is 22.2 Å². The second-order valence-electron chi connectivity index (χ2n) is 5.43. The molecule has 1 amide bonds. The van der Waals surface area contributed by atoms with Crippen molar-refractivity contribution in [2.75, 3.05) is 7.11 Å². The molecule has 5 nitrogen and oxygen atoms in total. The standard InChI is InChI=1S/C17H18ClNO4/c1-4-17(2,16(22)23-3)19-15(21)12-9-13(18)10-7-5-6-8-11(10)14(12)20/h5-9,20H,4H2,1-3H3,(H,19,21). The van der Waals surface area contributed by atoms with Gasteiger partial charge in [-0.1, -0.05) is 42.8 Å². The van der Waals surface area contributed by atoms with Crippen molar-refractivity contribution in [3.63, 3.8) is 0 Å². The average Bonchev–Trinajstić information content (AvgIpc) is 2.57. The molecule has 0 heterocycles. The maximum atomic E-state index is 12.5. The van der Waals surface area contributed by atoms with E-state index >= 15 is 0 Å². The Morgan fingerprint density at radius 1 is 1.30 bits per heavy atom. The summed E-state index contributed by atoms with van der Waals surface area (Å²) in [7, 11) is 1.26. The average molecular weight is 336 g/mol. The monoisotopic (exact) mass is 335 g/mol. The quantitative estimate of drug-likeness (QED) is 0.841. The van der Waals surface area contributed by atoms with Crippen molar-refractivity contribution >= 4 is 34.2 Å². The molecule has 1 unspecified atom stereocenters. The molecule has 0 saturated carbocycles. The van der Waals surface area contributed by atoms with E-state index in [1.807, 2.05) is 0 Å². The van der Waals surface area contributed by atoms with E-state index < -0.39 is 17.4 Å². The topological polar surface area (TPSA) is 75.6 Å².